The van der Waals surface area contributed by atoms with Crippen molar-refractivity contribution in [1.82, 2.24) is 14.9 Å². The van der Waals surface area contributed by atoms with Gasteiger partial charge in [-0.05, 0) is 51.8 Å². The summed E-state index contributed by atoms with van der Waals surface area (Å²) in [4.78, 5) is 24.0. The number of hydrogen-bond acceptors (Lipinski definition) is 3. The predicted octanol–water partition coefficient (Wildman–Crippen LogP) is 3.24. The Bertz CT molecular complexity index is 678. The molecule has 0 saturated carbocycles. The van der Waals surface area contributed by atoms with Crippen LogP contribution in [-0.4, -0.2) is 27.3 Å². The lowest BCUT2D eigenvalue weighted by molar-refractivity contribution is 0.0603. The van der Waals surface area contributed by atoms with E-state index in [0.29, 0.717) is 0 Å². The first-order valence-corrected chi connectivity index (χ1v) is 7.70. The van der Waals surface area contributed by atoms with Gasteiger partial charge in [0.25, 0.3) is 5.91 Å². The van der Waals surface area contributed by atoms with E-state index in [1.165, 1.54) is 0 Å². The Morgan fingerprint density at radius 3 is 2.41 bits per heavy atom. The molecule has 2 aromatic rings. The van der Waals surface area contributed by atoms with Crippen LogP contribution in [0, 0.1) is 13.8 Å². The first-order chi connectivity index (χ1) is 10.5. The number of aromatic nitrogens is 2. The molecule has 22 heavy (non-hydrogen) atoms. The summed E-state index contributed by atoms with van der Waals surface area (Å²) < 4.78 is 0. The maximum Gasteiger partial charge on any atom is 0.254 e. The van der Waals surface area contributed by atoms with E-state index in [0.717, 1.165) is 42.2 Å². The van der Waals surface area contributed by atoms with Gasteiger partial charge in [0.05, 0.1) is 0 Å². The number of hydrogen-bond donors (Lipinski definition) is 0. The van der Waals surface area contributed by atoms with Crippen molar-refractivity contribution in [3.05, 3.63) is 59.2 Å². The first-order valence-electron chi connectivity index (χ1n) is 7.70. The van der Waals surface area contributed by atoms with Crippen LogP contribution in [-0.2, 0) is 5.54 Å². The van der Waals surface area contributed by atoms with E-state index in [-0.39, 0.29) is 5.91 Å². The van der Waals surface area contributed by atoms with Crippen LogP contribution < -0.4 is 0 Å². The van der Waals surface area contributed by atoms with Crippen molar-refractivity contribution in [2.75, 3.05) is 6.54 Å². The third kappa shape index (κ3) is 2.49. The Labute approximate surface area is 131 Å². The second-order valence-electron chi connectivity index (χ2n) is 6.17. The topological polar surface area (TPSA) is 46.1 Å². The van der Waals surface area contributed by atoms with Gasteiger partial charge in [0, 0.05) is 23.5 Å². The molecule has 1 aliphatic rings. The molecule has 1 aliphatic heterocycles. The van der Waals surface area contributed by atoms with E-state index in [1.54, 1.807) is 0 Å². The number of carbonyl (C=O) groups is 1. The SMILES string of the molecule is Cc1cc(C)nc([C@]2(C)CCCN2C(=O)c2ccccc2)n1. The average molecular weight is 295 g/mol. The number of likely N-dealkylation sites (tertiary alicyclic amines) is 1. The highest BCUT2D eigenvalue weighted by molar-refractivity contribution is 5.94. The molecule has 0 N–H and O–H groups in total. The Balaban J connectivity index is 2.00. The maximum atomic E-state index is 12.9. The van der Waals surface area contributed by atoms with Crippen molar-refractivity contribution in [1.29, 1.82) is 0 Å². The molecular formula is C18H21N3O. The van der Waals surface area contributed by atoms with E-state index < -0.39 is 5.54 Å². The van der Waals surface area contributed by atoms with Crippen LogP contribution in [0.2, 0.25) is 0 Å². The molecule has 0 aliphatic carbocycles. The standard InChI is InChI=1S/C18H21N3O/c1-13-12-14(2)20-17(19-13)18(3)10-7-11-21(18)16(22)15-8-5-4-6-9-15/h4-6,8-9,12H,7,10-11H2,1-3H3/t18-/m0/s1. The van der Waals surface area contributed by atoms with Crippen molar-refractivity contribution >= 4 is 5.91 Å². The van der Waals surface area contributed by atoms with Gasteiger partial charge in [-0.15, -0.1) is 0 Å². The molecule has 3 rings (SSSR count). The summed E-state index contributed by atoms with van der Waals surface area (Å²) in [7, 11) is 0. The number of rotatable bonds is 2. The molecule has 4 heteroatoms. The van der Waals surface area contributed by atoms with Crippen molar-refractivity contribution in [3.8, 4) is 0 Å². The molecule has 1 aromatic heterocycles. The molecule has 0 spiro atoms. The normalized spacial score (nSPS) is 21.1. The van der Waals surface area contributed by atoms with Gasteiger partial charge in [0.2, 0.25) is 0 Å². The molecule has 2 heterocycles. The van der Waals surface area contributed by atoms with Gasteiger partial charge in [-0.3, -0.25) is 4.79 Å². The van der Waals surface area contributed by atoms with E-state index in [4.69, 9.17) is 0 Å². The molecule has 0 unspecified atom stereocenters. The Morgan fingerprint density at radius 2 is 1.77 bits per heavy atom. The van der Waals surface area contributed by atoms with Crippen molar-refractivity contribution < 1.29 is 4.79 Å². The van der Waals surface area contributed by atoms with Gasteiger partial charge in [0.1, 0.15) is 5.54 Å². The Morgan fingerprint density at radius 1 is 1.14 bits per heavy atom. The molecular weight excluding hydrogens is 274 g/mol. The highest BCUT2D eigenvalue weighted by Gasteiger charge is 2.43. The van der Waals surface area contributed by atoms with E-state index in [2.05, 4.69) is 16.9 Å². The maximum absolute atomic E-state index is 12.9. The minimum Gasteiger partial charge on any atom is -0.326 e. The van der Waals surface area contributed by atoms with Crippen LogP contribution in [0.1, 0.15) is 47.3 Å². The second kappa shape index (κ2) is 5.52. The van der Waals surface area contributed by atoms with Gasteiger partial charge in [0.15, 0.2) is 5.82 Å². The Hall–Kier alpha value is -2.23. The minimum atomic E-state index is -0.427. The Kier molecular flexibility index (Phi) is 3.69. The molecule has 1 aromatic carbocycles. The lowest BCUT2D eigenvalue weighted by atomic mass is 9.96. The molecule has 1 amide bonds. The molecule has 114 valence electrons. The summed E-state index contributed by atoms with van der Waals surface area (Å²) in [6, 6.07) is 11.4. The van der Waals surface area contributed by atoms with Gasteiger partial charge in [-0.25, -0.2) is 9.97 Å². The zero-order valence-electron chi connectivity index (χ0n) is 13.3. The first kappa shape index (κ1) is 14.7. The zero-order chi connectivity index (χ0) is 15.7. The van der Waals surface area contributed by atoms with Crippen LogP contribution in [0.4, 0.5) is 0 Å². The quantitative estimate of drug-likeness (QED) is 0.854. The minimum absolute atomic E-state index is 0.0587. The lowest BCUT2D eigenvalue weighted by Gasteiger charge is -2.34. The summed E-state index contributed by atoms with van der Waals surface area (Å²) in [5.41, 5.74) is 2.19. The van der Waals surface area contributed by atoms with Crippen LogP contribution >= 0.6 is 0 Å². The number of benzene rings is 1. The molecule has 4 nitrogen and oxygen atoms in total. The summed E-state index contributed by atoms with van der Waals surface area (Å²) in [5, 5.41) is 0. The van der Waals surface area contributed by atoms with Gasteiger partial charge in [-0.2, -0.15) is 0 Å². The fraction of sp³-hybridized carbons (Fsp3) is 0.389. The zero-order valence-corrected chi connectivity index (χ0v) is 13.3. The second-order valence-corrected chi connectivity index (χ2v) is 6.17. The summed E-state index contributed by atoms with van der Waals surface area (Å²) >= 11 is 0. The third-order valence-electron chi connectivity index (χ3n) is 4.37. The van der Waals surface area contributed by atoms with Gasteiger partial charge >= 0.3 is 0 Å². The highest BCUT2D eigenvalue weighted by atomic mass is 16.2. The summed E-state index contributed by atoms with van der Waals surface area (Å²) in [6.45, 7) is 6.77. The molecule has 0 bridgehead atoms. The number of carbonyl (C=O) groups excluding carboxylic acids is 1. The van der Waals surface area contributed by atoms with E-state index in [9.17, 15) is 4.79 Å². The van der Waals surface area contributed by atoms with Gasteiger partial charge < -0.3 is 4.90 Å². The summed E-state index contributed by atoms with van der Waals surface area (Å²) in [5.74, 6) is 0.815. The van der Waals surface area contributed by atoms with E-state index in [1.807, 2.05) is 55.1 Å². The largest absolute Gasteiger partial charge is 0.326 e. The number of aryl methyl sites for hydroxylation is 2. The monoisotopic (exact) mass is 295 g/mol. The highest BCUT2D eigenvalue weighted by Crippen LogP contribution is 2.37. The average Bonchev–Trinajstić information content (AvgIpc) is 2.90. The van der Waals surface area contributed by atoms with Crippen LogP contribution in [0.25, 0.3) is 0 Å². The van der Waals surface area contributed by atoms with E-state index >= 15 is 0 Å². The van der Waals surface area contributed by atoms with Crippen molar-refractivity contribution in [2.45, 2.75) is 39.2 Å². The summed E-state index contributed by atoms with van der Waals surface area (Å²) in [6.07, 6.45) is 1.87. The molecule has 1 atom stereocenters. The van der Waals surface area contributed by atoms with Gasteiger partial charge in [-0.1, -0.05) is 18.2 Å². The molecule has 1 saturated heterocycles. The lowest BCUT2D eigenvalue weighted by Crippen LogP contribution is -2.44. The third-order valence-corrected chi connectivity index (χ3v) is 4.37. The van der Waals surface area contributed by atoms with Crippen LogP contribution in [0.15, 0.2) is 36.4 Å². The van der Waals surface area contributed by atoms with Crippen molar-refractivity contribution in [2.24, 2.45) is 0 Å². The predicted molar refractivity (Wildman–Crippen MR) is 85.6 cm³/mol. The van der Waals surface area contributed by atoms with Crippen molar-refractivity contribution in [3.63, 3.8) is 0 Å². The molecule has 0 radical (unpaired) electrons. The number of nitrogens with zero attached hydrogens (tertiary/aromatic N) is 3. The van der Waals surface area contributed by atoms with Crippen LogP contribution in [0.5, 0.6) is 0 Å². The smallest absolute Gasteiger partial charge is 0.254 e. The fourth-order valence-electron chi connectivity index (χ4n) is 3.22. The fourth-order valence-corrected chi connectivity index (χ4v) is 3.22. The molecule has 1 fully saturated rings. The van der Waals surface area contributed by atoms with Crippen LogP contribution in [0.3, 0.4) is 0 Å². The number of amides is 1.